The number of hydrogen-bond donors (Lipinski definition) is 2. The predicted molar refractivity (Wildman–Crippen MR) is 45.5 cm³/mol. The zero-order valence-electron chi connectivity index (χ0n) is 6.60. The van der Waals surface area contributed by atoms with E-state index in [2.05, 4.69) is 0 Å². The third kappa shape index (κ3) is 7.63. The number of nitrogens with one attached hydrogen (secondary N) is 1. The molecule has 0 rings (SSSR count). The second kappa shape index (κ2) is 8.63. The van der Waals surface area contributed by atoms with Crippen LogP contribution in [0.1, 0.15) is 38.5 Å². The Hall–Kier alpha value is -0.370. The second-order valence-corrected chi connectivity index (χ2v) is 2.55. The van der Waals surface area contributed by atoms with Crippen LogP contribution in [0.15, 0.2) is 0 Å². The molecule has 0 bridgehead atoms. The van der Waals surface area contributed by atoms with Crippen molar-refractivity contribution in [2.24, 2.45) is 5.73 Å². The smallest absolute Gasteiger partial charge is 0.00477 e. The van der Waals surface area contributed by atoms with Gasteiger partial charge in [-0.15, -0.1) is 0 Å². The molecule has 2 nitrogen and oxygen atoms in total. The summed E-state index contributed by atoms with van der Waals surface area (Å²) in [5, 5.41) is 6.77. The van der Waals surface area contributed by atoms with E-state index in [1.54, 1.807) is 0 Å². The standard InChI is InChI=1S/C8H18N2/c9-7-5-3-1-2-4-6-8-10/h7,9H,1-6,8,10H2. The van der Waals surface area contributed by atoms with Crippen LogP contribution in [0.25, 0.3) is 0 Å². The molecule has 0 spiro atoms. The van der Waals surface area contributed by atoms with Crippen molar-refractivity contribution in [3.8, 4) is 0 Å². The van der Waals surface area contributed by atoms with E-state index in [4.69, 9.17) is 11.1 Å². The van der Waals surface area contributed by atoms with Crippen LogP contribution in [-0.4, -0.2) is 12.8 Å². The van der Waals surface area contributed by atoms with Gasteiger partial charge in [0, 0.05) is 0 Å². The zero-order chi connectivity index (χ0) is 7.66. The predicted octanol–water partition coefficient (Wildman–Crippen LogP) is 1.94. The summed E-state index contributed by atoms with van der Waals surface area (Å²) in [4.78, 5) is 0. The Morgan fingerprint density at radius 1 is 1.00 bits per heavy atom. The van der Waals surface area contributed by atoms with Crippen LogP contribution in [0, 0.1) is 5.41 Å². The van der Waals surface area contributed by atoms with Crippen molar-refractivity contribution in [2.45, 2.75) is 38.5 Å². The lowest BCUT2D eigenvalue weighted by molar-refractivity contribution is 0.628. The number of rotatable bonds is 7. The van der Waals surface area contributed by atoms with Crippen molar-refractivity contribution in [3.05, 3.63) is 0 Å². The summed E-state index contributed by atoms with van der Waals surface area (Å²) < 4.78 is 0. The molecule has 0 fully saturated rings. The van der Waals surface area contributed by atoms with Crippen molar-refractivity contribution >= 4 is 6.21 Å². The van der Waals surface area contributed by atoms with E-state index in [-0.39, 0.29) is 0 Å². The van der Waals surface area contributed by atoms with Crippen LogP contribution < -0.4 is 5.73 Å². The van der Waals surface area contributed by atoms with Gasteiger partial charge in [0.25, 0.3) is 0 Å². The van der Waals surface area contributed by atoms with Gasteiger partial charge in [0.05, 0.1) is 0 Å². The number of unbranched alkanes of at least 4 members (excludes halogenated alkanes) is 5. The highest BCUT2D eigenvalue weighted by molar-refractivity contribution is 5.52. The van der Waals surface area contributed by atoms with Crippen LogP contribution in [0.5, 0.6) is 0 Å². The molecule has 0 radical (unpaired) electrons. The average Bonchev–Trinajstić information content (AvgIpc) is 1.97. The molecule has 0 heterocycles. The molecule has 0 amide bonds. The lowest BCUT2D eigenvalue weighted by Crippen LogP contribution is -1.97. The summed E-state index contributed by atoms with van der Waals surface area (Å²) in [7, 11) is 0. The molecule has 0 aliphatic heterocycles. The molecule has 0 aromatic carbocycles. The van der Waals surface area contributed by atoms with Crippen LogP contribution in [0.2, 0.25) is 0 Å². The molecule has 0 aliphatic rings. The first kappa shape index (κ1) is 9.63. The molecular formula is C8H18N2. The van der Waals surface area contributed by atoms with Crippen LogP contribution >= 0.6 is 0 Å². The highest BCUT2D eigenvalue weighted by atomic mass is 14.5. The normalized spacial score (nSPS) is 9.70. The van der Waals surface area contributed by atoms with E-state index < -0.39 is 0 Å². The van der Waals surface area contributed by atoms with E-state index in [1.165, 1.54) is 31.9 Å². The van der Waals surface area contributed by atoms with Crippen LogP contribution in [0.3, 0.4) is 0 Å². The molecule has 0 saturated heterocycles. The molecule has 0 atom stereocenters. The average molecular weight is 142 g/mol. The Kier molecular flexibility index (Phi) is 8.31. The third-order valence-electron chi connectivity index (χ3n) is 1.55. The summed E-state index contributed by atoms with van der Waals surface area (Å²) in [6.45, 7) is 0.824. The summed E-state index contributed by atoms with van der Waals surface area (Å²) in [5.74, 6) is 0. The molecule has 0 aliphatic carbocycles. The Labute approximate surface area is 63.3 Å². The van der Waals surface area contributed by atoms with Crippen molar-refractivity contribution in [2.75, 3.05) is 6.54 Å². The van der Waals surface area contributed by atoms with Gasteiger partial charge >= 0.3 is 0 Å². The molecule has 60 valence electrons. The minimum absolute atomic E-state index is 0.824. The van der Waals surface area contributed by atoms with Crippen LogP contribution in [-0.2, 0) is 0 Å². The highest BCUT2D eigenvalue weighted by Gasteiger charge is 1.87. The zero-order valence-corrected chi connectivity index (χ0v) is 6.60. The Morgan fingerprint density at radius 3 is 2.20 bits per heavy atom. The first-order valence-electron chi connectivity index (χ1n) is 4.11. The monoisotopic (exact) mass is 142 g/mol. The van der Waals surface area contributed by atoms with E-state index in [0.717, 1.165) is 19.4 Å². The van der Waals surface area contributed by atoms with Gasteiger partial charge in [-0.05, 0) is 32.0 Å². The van der Waals surface area contributed by atoms with Crippen LogP contribution in [0.4, 0.5) is 0 Å². The van der Waals surface area contributed by atoms with Gasteiger partial charge in [-0.1, -0.05) is 19.3 Å². The molecule has 10 heavy (non-hydrogen) atoms. The first-order valence-corrected chi connectivity index (χ1v) is 4.11. The lowest BCUT2D eigenvalue weighted by atomic mass is 10.1. The minimum Gasteiger partial charge on any atom is -0.330 e. The van der Waals surface area contributed by atoms with Gasteiger partial charge < -0.3 is 11.1 Å². The maximum absolute atomic E-state index is 6.77. The maximum Gasteiger partial charge on any atom is -0.00477 e. The van der Waals surface area contributed by atoms with E-state index in [0.29, 0.717) is 0 Å². The van der Waals surface area contributed by atoms with E-state index >= 15 is 0 Å². The quantitative estimate of drug-likeness (QED) is 0.414. The Bertz CT molecular complexity index is 71.7. The largest absolute Gasteiger partial charge is 0.330 e. The fourth-order valence-corrected chi connectivity index (χ4v) is 0.921. The summed E-state index contributed by atoms with van der Waals surface area (Å²) in [6.07, 6.45) is 8.57. The van der Waals surface area contributed by atoms with Gasteiger partial charge in [0.2, 0.25) is 0 Å². The van der Waals surface area contributed by atoms with Gasteiger partial charge in [0.15, 0.2) is 0 Å². The van der Waals surface area contributed by atoms with Crippen molar-refractivity contribution in [3.63, 3.8) is 0 Å². The van der Waals surface area contributed by atoms with Crippen molar-refractivity contribution in [1.82, 2.24) is 0 Å². The third-order valence-corrected chi connectivity index (χ3v) is 1.55. The summed E-state index contributed by atoms with van der Waals surface area (Å²) >= 11 is 0. The molecule has 0 aromatic heterocycles. The number of nitrogens with two attached hydrogens (primary N) is 1. The molecule has 0 aromatic rings. The van der Waals surface area contributed by atoms with E-state index in [1.807, 2.05) is 0 Å². The lowest BCUT2D eigenvalue weighted by Gasteiger charge is -1.96. The molecule has 0 saturated carbocycles. The minimum atomic E-state index is 0.824. The van der Waals surface area contributed by atoms with Gasteiger partial charge in [0.1, 0.15) is 0 Å². The fourth-order valence-electron chi connectivity index (χ4n) is 0.921. The number of hydrogen-bond acceptors (Lipinski definition) is 2. The highest BCUT2D eigenvalue weighted by Crippen LogP contribution is 2.02. The van der Waals surface area contributed by atoms with E-state index in [9.17, 15) is 0 Å². The topological polar surface area (TPSA) is 49.9 Å². The van der Waals surface area contributed by atoms with Gasteiger partial charge in [-0.2, -0.15) is 0 Å². The molecule has 0 unspecified atom stereocenters. The van der Waals surface area contributed by atoms with Crippen molar-refractivity contribution in [1.29, 1.82) is 5.41 Å². The molecular weight excluding hydrogens is 124 g/mol. The second-order valence-electron chi connectivity index (χ2n) is 2.55. The SMILES string of the molecule is N=CCCCCCCCN. The molecule has 2 heteroatoms. The maximum atomic E-state index is 6.77. The summed E-state index contributed by atoms with van der Waals surface area (Å²) in [6, 6.07) is 0. The van der Waals surface area contributed by atoms with Gasteiger partial charge in [-0.25, -0.2) is 0 Å². The summed E-state index contributed by atoms with van der Waals surface area (Å²) in [5.41, 5.74) is 5.33. The van der Waals surface area contributed by atoms with Gasteiger partial charge in [-0.3, -0.25) is 0 Å². The van der Waals surface area contributed by atoms with Crippen molar-refractivity contribution < 1.29 is 0 Å². The Balaban J connectivity index is 2.70. The first-order chi connectivity index (χ1) is 4.91. The molecule has 3 N–H and O–H groups in total. The Morgan fingerprint density at radius 2 is 1.60 bits per heavy atom. The fraction of sp³-hybridized carbons (Fsp3) is 0.875.